The van der Waals surface area contributed by atoms with Crippen LogP contribution in [-0.4, -0.2) is 106 Å². The number of nitrogens with zero attached hydrogens (tertiary/aromatic N) is 6. The lowest BCUT2D eigenvalue weighted by Gasteiger charge is -2.36. The summed E-state index contributed by atoms with van der Waals surface area (Å²) in [7, 11) is 0. The summed E-state index contributed by atoms with van der Waals surface area (Å²) < 4.78 is 0. The second-order valence-corrected chi connectivity index (χ2v) is 19.3. The van der Waals surface area contributed by atoms with Gasteiger partial charge in [-0.15, -0.1) is 0 Å². The van der Waals surface area contributed by atoms with E-state index in [1.807, 2.05) is 114 Å². The van der Waals surface area contributed by atoms with E-state index >= 15 is 0 Å². The van der Waals surface area contributed by atoms with Crippen LogP contribution in [0, 0.1) is 5.92 Å². The molecule has 2 amide bonds. The Bertz CT molecular complexity index is 2900. The van der Waals surface area contributed by atoms with Gasteiger partial charge >= 0.3 is 0 Å². The molecule has 2 aliphatic rings. The highest BCUT2D eigenvalue weighted by atomic mass is 16.2. The summed E-state index contributed by atoms with van der Waals surface area (Å²) in [6.45, 7) is 11.5. The Kier molecular flexibility index (Phi) is 20.3. The number of piperazine rings is 2. The molecule has 1 N–H and O–H groups in total. The van der Waals surface area contributed by atoms with Crippen LogP contribution in [0.15, 0.2) is 219 Å². The summed E-state index contributed by atoms with van der Waals surface area (Å²) in [5, 5.41) is 3.57. The molecule has 0 unspecified atom stereocenters. The fourth-order valence-corrected chi connectivity index (χ4v) is 9.45. The van der Waals surface area contributed by atoms with Crippen LogP contribution in [0.3, 0.4) is 0 Å². The van der Waals surface area contributed by atoms with Crippen molar-refractivity contribution in [3.63, 3.8) is 0 Å². The minimum absolute atomic E-state index is 0.0491. The topological polar surface area (TPSA) is 102 Å². The standard InChI is InChI=1S/C32H34N4O.C21H26N2O.C12H9NO/c37-32(36-21-19-35(20-22-36)25-28-11-5-2-6-12-28)31(23-26-9-3-1-4-10-26)34-24-27-14-16-29(17-15-27)30-13-7-8-18-33-30;1-18(16-19-8-4-2-5-9-19)21(24)23-14-12-22(13-15-23)17-20-10-6-3-7-11-20;14-9-10-4-6-11(7-5-10)12-3-1-2-8-13-12/h1-18,31,34H,19-25H2;2-11,18H,12-17H2,1H3;1-9H/t31-;18-;/m00./s1. The fourth-order valence-electron chi connectivity index (χ4n) is 9.45. The maximum Gasteiger partial charge on any atom is 0.240 e. The zero-order valence-corrected chi connectivity index (χ0v) is 43.1. The summed E-state index contributed by atoms with van der Waals surface area (Å²) in [5.41, 5.74) is 10.9. The second kappa shape index (κ2) is 28.5. The molecule has 10 heteroatoms. The third-order valence-electron chi connectivity index (χ3n) is 13.7. The van der Waals surface area contributed by atoms with Gasteiger partial charge in [0.25, 0.3) is 0 Å². The van der Waals surface area contributed by atoms with E-state index in [4.69, 9.17) is 0 Å². The number of hydrogen-bond donors (Lipinski definition) is 1. The molecule has 10 rings (SSSR count). The maximum absolute atomic E-state index is 13.7. The van der Waals surface area contributed by atoms with Gasteiger partial charge in [0.1, 0.15) is 6.29 Å². The largest absolute Gasteiger partial charge is 0.340 e. The van der Waals surface area contributed by atoms with Crippen LogP contribution in [0.1, 0.15) is 45.1 Å². The lowest BCUT2D eigenvalue weighted by atomic mass is 9.99. The van der Waals surface area contributed by atoms with E-state index in [9.17, 15) is 14.4 Å². The molecule has 2 aromatic heterocycles. The van der Waals surface area contributed by atoms with Gasteiger partial charge in [0, 0.05) is 107 Å². The summed E-state index contributed by atoms with van der Waals surface area (Å²) >= 11 is 0. The smallest absolute Gasteiger partial charge is 0.240 e. The van der Waals surface area contributed by atoms with E-state index in [0.29, 0.717) is 24.4 Å². The summed E-state index contributed by atoms with van der Waals surface area (Å²) in [6, 6.07) is 68.9. The van der Waals surface area contributed by atoms with E-state index in [2.05, 4.69) is 128 Å². The number of carbonyl (C=O) groups is 3. The molecule has 4 heterocycles. The Morgan fingerprint density at radius 3 is 1.28 bits per heavy atom. The normalized spacial score (nSPS) is 14.5. The predicted molar refractivity (Wildman–Crippen MR) is 301 cm³/mol. The van der Waals surface area contributed by atoms with Gasteiger partial charge in [-0.2, -0.15) is 0 Å². The van der Waals surface area contributed by atoms with E-state index < -0.39 is 0 Å². The van der Waals surface area contributed by atoms with Crippen molar-refractivity contribution >= 4 is 18.1 Å². The number of nitrogens with one attached hydrogen (secondary N) is 1. The zero-order valence-electron chi connectivity index (χ0n) is 43.1. The van der Waals surface area contributed by atoms with Crippen molar-refractivity contribution in [2.45, 2.75) is 45.4 Å². The maximum atomic E-state index is 13.7. The molecule has 0 aliphatic carbocycles. The molecule has 0 radical (unpaired) electrons. The molecule has 2 atom stereocenters. The van der Waals surface area contributed by atoms with Gasteiger partial charge in [-0.3, -0.25) is 34.2 Å². The Labute approximate surface area is 443 Å². The minimum Gasteiger partial charge on any atom is -0.340 e. The van der Waals surface area contributed by atoms with E-state index in [1.165, 1.54) is 22.3 Å². The molecule has 0 bridgehead atoms. The first-order chi connectivity index (χ1) is 36.9. The lowest BCUT2D eigenvalue weighted by molar-refractivity contribution is -0.137. The van der Waals surface area contributed by atoms with Crippen LogP contribution in [0.25, 0.3) is 22.5 Å². The molecule has 75 heavy (non-hydrogen) atoms. The number of carbonyl (C=O) groups excluding carboxylic acids is 3. The van der Waals surface area contributed by atoms with Crippen molar-refractivity contribution < 1.29 is 14.4 Å². The van der Waals surface area contributed by atoms with Crippen molar-refractivity contribution in [1.29, 1.82) is 0 Å². The Hall–Kier alpha value is -7.89. The average molecular weight is 996 g/mol. The molecule has 6 aromatic carbocycles. The fraction of sp³-hybridized carbons (Fsp3) is 0.246. The van der Waals surface area contributed by atoms with Crippen molar-refractivity contribution in [3.05, 3.63) is 252 Å². The Balaban J connectivity index is 0.000000167. The van der Waals surface area contributed by atoms with Crippen molar-refractivity contribution in [1.82, 2.24) is 34.9 Å². The molecule has 8 aromatic rings. The minimum atomic E-state index is -0.265. The number of aldehydes is 1. The number of aromatic nitrogens is 2. The summed E-state index contributed by atoms with van der Waals surface area (Å²) in [4.78, 5) is 54.4. The number of benzene rings is 6. The molecule has 2 aliphatic heterocycles. The third-order valence-corrected chi connectivity index (χ3v) is 13.7. The number of rotatable bonds is 16. The van der Waals surface area contributed by atoms with Crippen LogP contribution in [0.5, 0.6) is 0 Å². The highest BCUT2D eigenvalue weighted by Gasteiger charge is 2.28. The molecule has 2 saturated heterocycles. The highest BCUT2D eigenvalue weighted by molar-refractivity contribution is 5.82. The summed E-state index contributed by atoms with van der Waals surface area (Å²) in [5.74, 6) is 0.527. The van der Waals surface area contributed by atoms with Crippen LogP contribution in [0.4, 0.5) is 0 Å². The Morgan fingerprint density at radius 2 is 0.853 bits per heavy atom. The number of amides is 2. The van der Waals surface area contributed by atoms with E-state index in [0.717, 1.165) is 106 Å². The monoisotopic (exact) mass is 996 g/mol. The van der Waals surface area contributed by atoms with E-state index in [1.54, 1.807) is 18.3 Å². The van der Waals surface area contributed by atoms with Gasteiger partial charge in [0.2, 0.25) is 11.8 Å². The van der Waals surface area contributed by atoms with Gasteiger partial charge < -0.3 is 15.1 Å². The predicted octanol–water partition coefficient (Wildman–Crippen LogP) is 10.6. The number of pyridine rings is 2. The zero-order chi connectivity index (χ0) is 51.9. The first-order valence-corrected chi connectivity index (χ1v) is 26.2. The van der Waals surface area contributed by atoms with Crippen LogP contribution >= 0.6 is 0 Å². The molecular weight excluding hydrogens is 927 g/mol. The van der Waals surface area contributed by atoms with Gasteiger partial charge in [0.15, 0.2) is 0 Å². The molecule has 0 saturated carbocycles. The first-order valence-electron chi connectivity index (χ1n) is 26.2. The van der Waals surface area contributed by atoms with Crippen LogP contribution in [-0.2, 0) is 42.1 Å². The van der Waals surface area contributed by atoms with Gasteiger partial charge in [0.05, 0.1) is 17.4 Å². The number of hydrogen-bond acceptors (Lipinski definition) is 8. The van der Waals surface area contributed by atoms with Gasteiger partial charge in [-0.05, 0) is 64.9 Å². The van der Waals surface area contributed by atoms with Crippen molar-refractivity contribution in [3.8, 4) is 22.5 Å². The average Bonchev–Trinajstić information content (AvgIpc) is 3.48. The molecule has 10 nitrogen and oxygen atoms in total. The first kappa shape index (κ1) is 53.4. The van der Waals surface area contributed by atoms with Crippen LogP contribution in [0.2, 0.25) is 0 Å². The van der Waals surface area contributed by atoms with Crippen LogP contribution < -0.4 is 5.32 Å². The molecule has 2 fully saturated rings. The second-order valence-electron chi connectivity index (χ2n) is 19.3. The van der Waals surface area contributed by atoms with Gasteiger partial charge in [-0.25, -0.2) is 0 Å². The summed E-state index contributed by atoms with van der Waals surface area (Å²) in [6.07, 6.45) is 5.90. The van der Waals surface area contributed by atoms with Crippen molar-refractivity contribution in [2.24, 2.45) is 5.92 Å². The third kappa shape index (κ3) is 16.8. The van der Waals surface area contributed by atoms with Gasteiger partial charge in [-0.1, -0.05) is 189 Å². The quantitative estimate of drug-likeness (QED) is 0.0956. The SMILES string of the molecule is C[C@@H](Cc1ccccc1)C(=O)N1CCN(Cc2ccccc2)CC1.O=C([C@H](Cc1ccccc1)NCc1ccc(-c2ccccn2)cc1)N1CCN(Cc2ccccc2)CC1.O=Cc1ccc(-c2ccccn2)cc1. The molecule has 382 valence electrons. The van der Waals surface area contributed by atoms with Crippen molar-refractivity contribution in [2.75, 3.05) is 52.4 Å². The molecular formula is C65H69N7O3. The Morgan fingerprint density at radius 1 is 0.453 bits per heavy atom. The molecule has 0 spiro atoms. The lowest BCUT2D eigenvalue weighted by Crippen LogP contribution is -2.54. The highest BCUT2D eigenvalue weighted by Crippen LogP contribution is 2.20. The van der Waals surface area contributed by atoms with E-state index in [-0.39, 0.29) is 17.9 Å².